The smallest absolute Gasteiger partial charge is 0.341 e. The number of aliphatic hydroxyl groups is 1. The number of carbonyl (C=O) groups excluding carboxylic acids is 1. The lowest BCUT2D eigenvalue weighted by Crippen LogP contribution is -2.43. The summed E-state index contributed by atoms with van der Waals surface area (Å²) in [6, 6.07) is 8.07. The molecule has 9 nitrogen and oxygen atoms in total. The number of fused-ring (bicyclic) bond motifs is 1. The maximum absolute atomic E-state index is 10.9. The van der Waals surface area contributed by atoms with Crippen LogP contribution in [0.15, 0.2) is 46.8 Å². The summed E-state index contributed by atoms with van der Waals surface area (Å²) in [5, 5.41) is 12.5. The first-order chi connectivity index (χ1) is 17.7. The lowest BCUT2D eigenvalue weighted by molar-refractivity contribution is -0.0547. The summed E-state index contributed by atoms with van der Waals surface area (Å²) in [7, 11) is -2.59. The minimum atomic E-state index is -1.45. The van der Waals surface area contributed by atoms with E-state index < -0.39 is 28.6 Å². The Morgan fingerprint density at radius 3 is 1.89 bits per heavy atom. The van der Waals surface area contributed by atoms with Crippen LogP contribution >= 0.6 is 0 Å². The zero-order valence-electron chi connectivity index (χ0n) is 25.2. The first-order valence-electron chi connectivity index (χ1n) is 13.3. The van der Waals surface area contributed by atoms with Crippen molar-refractivity contribution in [2.75, 3.05) is 6.54 Å². The van der Waals surface area contributed by atoms with Gasteiger partial charge in [0, 0.05) is 17.0 Å². The topological polar surface area (TPSA) is 144 Å². The predicted octanol–water partition coefficient (Wildman–Crippen LogP) is 9.93. The molecule has 0 saturated heterocycles. The van der Waals surface area contributed by atoms with Crippen LogP contribution in [-0.4, -0.2) is 33.9 Å². The van der Waals surface area contributed by atoms with Gasteiger partial charge in [0.15, 0.2) is 0 Å². The number of benzene rings is 1. The van der Waals surface area contributed by atoms with Gasteiger partial charge in [-0.1, -0.05) is 121 Å². The van der Waals surface area contributed by atoms with Crippen molar-refractivity contribution in [1.82, 2.24) is 0 Å². The Balaban J connectivity index is 0. The Labute approximate surface area is 232 Å². The van der Waals surface area contributed by atoms with Gasteiger partial charge < -0.3 is 9.84 Å². The number of esters is 1. The van der Waals surface area contributed by atoms with E-state index in [9.17, 15) is 4.79 Å². The minimum absolute atomic E-state index is 0.451. The summed E-state index contributed by atoms with van der Waals surface area (Å²) in [4.78, 5) is 16.2. The molecule has 1 aromatic carbocycles. The van der Waals surface area contributed by atoms with E-state index in [1.807, 2.05) is 19.6 Å². The third-order valence-corrected chi connectivity index (χ3v) is 14.5. The molecule has 0 bridgehead atoms. The van der Waals surface area contributed by atoms with Gasteiger partial charge in [0.05, 0.1) is 13.6 Å². The summed E-state index contributed by atoms with van der Waals surface area (Å²) in [5.74, 6) is -0.451. The average molecular weight is 563 g/mol. The number of ether oxygens (including phenoxy) is 1. The fourth-order valence-corrected chi connectivity index (χ4v) is 10.7. The average Bonchev–Trinajstić information content (AvgIpc) is 3.11. The number of rotatable bonds is 9. The van der Waals surface area contributed by atoms with Gasteiger partial charge >= 0.3 is 5.97 Å². The molecule has 1 atom stereocenters. The second kappa shape index (κ2) is 19.5. The third-order valence-electron chi connectivity index (χ3n) is 6.41. The molecule has 1 aliphatic heterocycles. The molecule has 0 radical (unpaired) electrons. The molecule has 1 aliphatic rings. The van der Waals surface area contributed by atoms with Crippen molar-refractivity contribution in [2.45, 2.75) is 110 Å². The van der Waals surface area contributed by atoms with Gasteiger partial charge in [0.1, 0.15) is 8.24 Å². The highest BCUT2D eigenvalue weighted by molar-refractivity contribution is 6.83. The molecule has 0 fully saturated rings. The Hall–Kier alpha value is -2.56. The number of allylic oxidation sites excluding steroid dienone is 1. The number of carbonyl (C=O) groups is 1. The van der Waals surface area contributed by atoms with Crippen LogP contribution in [0.2, 0.25) is 42.3 Å². The van der Waals surface area contributed by atoms with E-state index in [0.717, 1.165) is 29.5 Å². The highest BCUT2D eigenvalue weighted by Gasteiger charge is 2.40. The van der Waals surface area contributed by atoms with Gasteiger partial charge in [-0.15, -0.1) is 11.4 Å². The maximum atomic E-state index is 10.9. The number of hydrogen-bond donors (Lipinski definition) is 1. The molecule has 1 N–H and O–H groups in total. The molecule has 0 aromatic heterocycles. The van der Waals surface area contributed by atoms with Crippen LogP contribution < -0.4 is 0 Å². The van der Waals surface area contributed by atoms with Crippen LogP contribution in [0.4, 0.5) is 0 Å². The highest BCUT2D eigenvalue weighted by Crippen LogP contribution is 2.44. The Kier molecular flexibility index (Phi) is 19.3. The summed E-state index contributed by atoms with van der Waals surface area (Å²) >= 11 is 0. The summed E-state index contributed by atoms with van der Waals surface area (Å²) in [5.41, 5.74) is 19.3. The number of unbranched alkanes of at least 4 members (excludes halogenated alkanes) is 1. The van der Waals surface area contributed by atoms with Crippen molar-refractivity contribution in [3.8, 4) is 0 Å². The van der Waals surface area contributed by atoms with E-state index in [2.05, 4.69) is 85.6 Å². The van der Waals surface area contributed by atoms with Crippen LogP contribution in [0.3, 0.4) is 0 Å². The fourth-order valence-electron chi connectivity index (χ4n) is 4.49. The van der Waals surface area contributed by atoms with Crippen LogP contribution in [0, 0.1) is 0 Å². The highest BCUT2D eigenvalue weighted by atomic mass is 28.3. The number of aliphatic hydroxyl groups excluding tert-OH is 1. The minimum Gasteiger partial charge on any atom is -0.428 e. The molecule has 214 valence electrons. The van der Waals surface area contributed by atoms with Crippen LogP contribution in [-0.2, 0) is 4.74 Å². The Morgan fingerprint density at radius 2 is 1.58 bits per heavy atom. The largest absolute Gasteiger partial charge is 0.428 e. The van der Waals surface area contributed by atoms with Gasteiger partial charge in [-0.2, -0.15) is 0 Å². The van der Waals surface area contributed by atoms with E-state index in [1.165, 1.54) is 6.04 Å². The van der Waals surface area contributed by atoms with Crippen molar-refractivity contribution in [2.24, 2.45) is 9.89 Å². The van der Waals surface area contributed by atoms with Gasteiger partial charge in [-0.25, -0.2) is 4.79 Å². The maximum Gasteiger partial charge on any atom is 0.341 e. The molecule has 0 amide bonds. The number of hydrogen-bond acceptors (Lipinski definition) is 5. The van der Waals surface area contributed by atoms with Gasteiger partial charge in [-0.05, 0) is 34.5 Å². The zero-order valence-corrected chi connectivity index (χ0v) is 27.2. The zero-order chi connectivity index (χ0) is 29.9. The van der Waals surface area contributed by atoms with Crippen molar-refractivity contribution in [3.63, 3.8) is 0 Å². The molecular formula is C27H50N6O3Si2. The summed E-state index contributed by atoms with van der Waals surface area (Å²) in [6.45, 7) is 27.0. The molecule has 0 saturated carbocycles. The second-order valence-electron chi connectivity index (χ2n) is 11.1. The molecule has 1 heterocycles. The number of azide groups is 2. The first-order valence-corrected chi connectivity index (χ1v) is 19.2. The van der Waals surface area contributed by atoms with E-state index in [1.54, 1.807) is 24.3 Å². The standard InChI is InChI=1S/C12H26Si.C8H6O3.C4H9N3.C3H9N3Si/c1-8-9-13(10(2)3,11(4)5)12(6)7;9-7-5-3-1-2-4-6(5)8(10)11-7;1-2-3-4-6-7-5;1-7(2,3)6-5-4/h8,10-12H,1,9H2,2-7H3;1-4,7,9H;2-4H2,1H3;1-3H3. The third kappa shape index (κ3) is 13.8. The van der Waals surface area contributed by atoms with Crippen molar-refractivity contribution < 1.29 is 14.6 Å². The molecule has 38 heavy (non-hydrogen) atoms. The van der Waals surface area contributed by atoms with Gasteiger partial charge in [0.2, 0.25) is 6.29 Å². The predicted molar refractivity (Wildman–Crippen MR) is 164 cm³/mol. The van der Waals surface area contributed by atoms with E-state index >= 15 is 0 Å². The molecule has 0 aliphatic carbocycles. The van der Waals surface area contributed by atoms with Crippen molar-refractivity contribution >= 4 is 22.3 Å². The Morgan fingerprint density at radius 1 is 1.05 bits per heavy atom. The normalized spacial score (nSPS) is 13.8. The van der Waals surface area contributed by atoms with Crippen LogP contribution in [0.25, 0.3) is 20.9 Å². The van der Waals surface area contributed by atoms with E-state index in [4.69, 9.17) is 16.2 Å². The van der Waals surface area contributed by atoms with E-state index in [-0.39, 0.29) is 0 Å². The molecule has 2 rings (SSSR count). The van der Waals surface area contributed by atoms with Gasteiger partial charge in [-0.3, -0.25) is 0 Å². The molecular weight excluding hydrogens is 513 g/mol. The summed E-state index contributed by atoms with van der Waals surface area (Å²) in [6.07, 6.45) is 3.17. The Bertz CT molecular complexity index is 913. The molecule has 11 heteroatoms. The summed E-state index contributed by atoms with van der Waals surface area (Å²) < 4.78 is 8.12. The number of cyclic esters (lactones) is 1. The van der Waals surface area contributed by atoms with Crippen molar-refractivity contribution in [3.05, 3.63) is 68.9 Å². The lowest BCUT2D eigenvalue weighted by Gasteiger charge is -2.42. The fraction of sp³-hybridized carbons (Fsp3) is 0.667. The first kappa shape index (κ1) is 37.6. The quantitative estimate of drug-likeness (QED) is 0.0607. The molecule has 1 unspecified atom stereocenters. The number of nitrogens with zero attached hydrogens (tertiary/aromatic N) is 6. The second-order valence-corrected chi connectivity index (χ2v) is 21.7. The van der Waals surface area contributed by atoms with Gasteiger partial charge in [0.25, 0.3) is 0 Å². The van der Waals surface area contributed by atoms with Crippen molar-refractivity contribution in [1.29, 1.82) is 0 Å². The molecule has 0 spiro atoms. The van der Waals surface area contributed by atoms with E-state index in [0.29, 0.717) is 17.7 Å². The molecule has 1 aromatic rings. The SMILES string of the molecule is C=CC[Si](C(C)C)(C(C)C)C(C)C.CCCCN=[N+]=[N-].C[Si](C)(C)N=[N+]=[N-].O=C1OC(O)c2ccccc21. The monoisotopic (exact) mass is 562 g/mol. The van der Waals surface area contributed by atoms with Crippen LogP contribution in [0.5, 0.6) is 0 Å². The van der Waals surface area contributed by atoms with Crippen LogP contribution in [0.1, 0.15) is 83.5 Å². The lowest BCUT2D eigenvalue weighted by atomic mass is 10.1.